The molecule has 0 aromatic heterocycles. The first-order valence-electron chi connectivity index (χ1n) is 14.1. The van der Waals surface area contributed by atoms with Gasteiger partial charge in [-0.15, -0.1) is 0 Å². The van der Waals surface area contributed by atoms with E-state index in [9.17, 15) is 32.8 Å². The van der Waals surface area contributed by atoms with Gasteiger partial charge in [0, 0.05) is 30.0 Å². The van der Waals surface area contributed by atoms with Gasteiger partial charge in [-0.3, -0.25) is 14.4 Å². The third kappa shape index (κ3) is 9.68. The van der Waals surface area contributed by atoms with Gasteiger partial charge in [0.25, 0.3) is 5.91 Å². The molecule has 0 unspecified atom stereocenters. The van der Waals surface area contributed by atoms with E-state index in [4.69, 9.17) is 0 Å². The number of benzene rings is 1. The maximum Gasteiger partial charge on any atom is 0.315 e. The molecule has 1 aromatic rings. The minimum Gasteiger partial charge on any atom is -0.356 e. The molecule has 2 aliphatic heterocycles. The molecular weight excluding hydrogens is 556 g/mol. The van der Waals surface area contributed by atoms with E-state index in [1.165, 1.54) is 0 Å². The Morgan fingerprint density at radius 1 is 1.10 bits per heavy atom. The van der Waals surface area contributed by atoms with Crippen molar-refractivity contribution in [1.29, 1.82) is 0 Å². The number of rotatable bonds is 16. The van der Waals surface area contributed by atoms with E-state index >= 15 is 0 Å². The van der Waals surface area contributed by atoms with Crippen LogP contribution in [-0.4, -0.2) is 71.8 Å². The van der Waals surface area contributed by atoms with Crippen molar-refractivity contribution in [1.82, 2.24) is 26.6 Å². The van der Waals surface area contributed by atoms with Crippen molar-refractivity contribution in [2.75, 3.05) is 12.3 Å². The topological polar surface area (TPSA) is 146 Å². The summed E-state index contributed by atoms with van der Waals surface area (Å²) in [4.78, 5) is 60.5. The Hall–Kier alpha value is -3.22. The third-order valence-electron chi connectivity index (χ3n) is 7.25. The number of fused-ring (bicyclic) bond motifs is 1. The zero-order valence-corrected chi connectivity index (χ0v) is 24.2. The fraction of sp³-hybridized carbons (Fsp3) is 0.607. The van der Waals surface area contributed by atoms with Crippen LogP contribution in [0.25, 0.3) is 0 Å². The van der Waals surface area contributed by atoms with Crippen LogP contribution in [0.1, 0.15) is 69.2 Å². The Morgan fingerprint density at radius 3 is 2.59 bits per heavy atom. The van der Waals surface area contributed by atoms with Gasteiger partial charge >= 0.3 is 6.03 Å². The first-order valence-corrected chi connectivity index (χ1v) is 15.1. The molecular formula is C28H39F2N5O5S. The molecule has 2 fully saturated rings. The number of carbonyl (C=O) groups excluding carboxylic acids is 5. The number of unbranched alkanes of at least 4 members (excludes halogenated alkanes) is 2. The summed E-state index contributed by atoms with van der Waals surface area (Å²) in [5.74, 6) is -2.79. The lowest BCUT2D eigenvalue weighted by molar-refractivity contribution is -0.126. The van der Waals surface area contributed by atoms with Crippen LogP contribution in [0.15, 0.2) is 18.2 Å². The molecule has 2 aliphatic rings. The number of hydrogen-bond donors (Lipinski definition) is 5. The maximum absolute atomic E-state index is 14.0. The molecule has 10 nitrogen and oxygen atoms in total. The van der Waals surface area contributed by atoms with E-state index in [1.807, 2.05) is 11.8 Å². The van der Waals surface area contributed by atoms with Gasteiger partial charge in [-0.2, -0.15) is 11.8 Å². The minimum absolute atomic E-state index is 0.0360. The molecule has 0 saturated carbocycles. The summed E-state index contributed by atoms with van der Waals surface area (Å²) in [6.45, 7) is 3.84. The predicted octanol–water partition coefficient (Wildman–Crippen LogP) is 2.42. The average Bonchev–Trinajstić information content (AvgIpc) is 3.47. The van der Waals surface area contributed by atoms with Gasteiger partial charge in [0.15, 0.2) is 0 Å². The molecule has 5 atom stereocenters. The smallest absolute Gasteiger partial charge is 0.315 e. The van der Waals surface area contributed by atoms with Gasteiger partial charge in [0.05, 0.1) is 23.7 Å². The number of thioether (sulfide) groups is 1. The van der Waals surface area contributed by atoms with Crippen molar-refractivity contribution in [2.24, 2.45) is 5.92 Å². The zero-order chi connectivity index (χ0) is 29.9. The summed E-state index contributed by atoms with van der Waals surface area (Å²) >= 11 is 1.86. The van der Waals surface area contributed by atoms with Crippen LogP contribution in [-0.2, 0) is 14.4 Å². The van der Waals surface area contributed by atoms with E-state index in [1.54, 1.807) is 13.8 Å². The summed E-state index contributed by atoms with van der Waals surface area (Å²) in [5.41, 5.74) is -0.388. The van der Waals surface area contributed by atoms with Gasteiger partial charge in [0.1, 0.15) is 24.0 Å². The molecule has 1 aromatic carbocycles. The summed E-state index contributed by atoms with van der Waals surface area (Å²) in [6.07, 6.45) is 5.21. The quantitative estimate of drug-likeness (QED) is 0.113. The molecule has 5 N–H and O–H groups in total. The monoisotopic (exact) mass is 595 g/mol. The van der Waals surface area contributed by atoms with Gasteiger partial charge in [0.2, 0.25) is 11.8 Å². The highest BCUT2D eigenvalue weighted by atomic mass is 32.2. The highest BCUT2D eigenvalue weighted by molar-refractivity contribution is 8.00. The van der Waals surface area contributed by atoms with Crippen molar-refractivity contribution in [2.45, 2.75) is 88.2 Å². The van der Waals surface area contributed by atoms with Crippen molar-refractivity contribution in [3.8, 4) is 0 Å². The second kappa shape index (κ2) is 15.7. The average molecular weight is 596 g/mol. The molecule has 0 radical (unpaired) electrons. The number of aldehydes is 1. The summed E-state index contributed by atoms with van der Waals surface area (Å²) in [6, 6.07) is 0.993. The molecule has 3 rings (SSSR count). The van der Waals surface area contributed by atoms with Gasteiger partial charge in [-0.1, -0.05) is 20.3 Å². The standard InChI is InChI=1S/C28H39F2N5O5S/c1-16(2)24(34-26(38)19-11-10-17(29)13-20(19)30)27(39)32-18(14-36)7-5-6-12-31-23(37)9-4-3-8-22-25-21(15-41-22)33-28(40)35-25/h10-11,13-14,16,18,21-22,24-25H,3-9,12,15H2,1-2H3,(H,31,37)(H,32,39)(H,34,38)(H2,33,35,40)/t18-,21-,22-,24-,25-/m0/s1. The summed E-state index contributed by atoms with van der Waals surface area (Å²) in [7, 11) is 0. The lowest BCUT2D eigenvalue weighted by atomic mass is 10.0. The van der Waals surface area contributed by atoms with Crippen molar-refractivity contribution < 1.29 is 32.8 Å². The zero-order valence-electron chi connectivity index (χ0n) is 23.3. The van der Waals surface area contributed by atoms with Crippen molar-refractivity contribution in [3.05, 3.63) is 35.4 Å². The lowest BCUT2D eigenvalue weighted by Crippen LogP contribution is -2.52. The summed E-state index contributed by atoms with van der Waals surface area (Å²) in [5, 5.41) is 14.2. The number of hydrogen-bond acceptors (Lipinski definition) is 6. The molecule has 5 amide bonds. The van der Waals surface area contributed by atoms with E-state index in [-0.39, 0.29) is 35.5 Å². The first-order chi connectivity index (χ1) is 19.6. The lowest BCUT2D eigenvalue weighted by Gasteiger charge is -2.23. The van der Waals surface area contributed by atoms with Crippen LogP contribution in [0.2, 0.25) is 0 Å². The second-order valence-electron chi connectivity index (χ2n) is 10.8. The molecule has 0 bridgehead atoms. The van der Waals surface area contributed by atoms with Crippen LogP contribution in [0.5, 0.6) is 0 Å². The van der Waals surface area contributed by atoms with Crippen LogP contribution in [0.3, 0.4) is 0 Å². The predicted molar refractivity (Wildman–Crippen MR) is 151 cm³/mol. The maximum atomic E-state index is 14.0. The Morgan fingerprint density at radius 2 is 1.88 bits per heavy atom. The van der Waals surface area contributed by atoms with Crippen LogP contribution >= 0.6 is 11.8 Å². The second-order valence-corrected chi connectivity index (χ2v) is 12.1. The Kier molecular flexibility index (Phi) is 12.4. The van der Waals surface area contributed by atoms with Gasteiger partial charge in [-0.25, -0.2) is 13.6 Å². The molecule has 41 heavy (non-hydrogen) atoms. The summed E-state index contributed by atoms with van der Waals surface area (Å²) < 4.78 is 27.1. The fourth-order valence-corrected chi connectivity index (χ4v) is 6.50. The van der Waals surface area contributed by atoms with Crippen molar-refractivity contribution >= 4 is 41.8 Å². The Balaban J connectivity index is 1.30. The number of carbonyl (C=O) groups is 5. The number of halogens is 2. The first kappa shape index (κ1) is 32.3. The Labute approximate surface area is 242 Å². The third-order valence-corrected chi connectivity index (χ3v) is 8.76. The highest BCUT2D eigenvalue weighted by Gasteiger charge is 2.42. The van der Waals surface area contributed by atoms with Crippen LogP contribution < -0.4 is 26.6 Å². The van der Waals surface area contributed by atoms with Crippen LogP contribution in [0.4, 0.5) is 13.6 Å². The van der Waals surface area contributed by atoms with E-state index in [0.717, 1.165) is 37.1 Å². The number of urea groups is 1. The van der Waals surface area contributed by atoms with Crippen LogP contribution in [0, 0.1) is 17.6 Å². The van der Waals surface area contributed by atoms with E-state index in [0.29, 0.717) is 49.8 Å². The van der Waals surface area contributed by atoms with Gasteiger partial charge in [-0.05, 0) is 50.2 Å². The largest absolute Gasteiger partial charge is 0.356 e. The van der Waals surface area contributed by atoms with E-state index in [2.05, 4.69) is 26.6 Å². The van der Waals surface area contributed by atoms with E-state index < -0.39 is 35.5 Å². The fourth-order valence-electron chi connectivity index (χ4n) is 4.95. The highest BCUT2D eigenvalue weighted by Crippen LogP contribution is 2.33. The molecule has 0 spiro atoms. The molecule has 13 heteroatoms. The molecule has 0 aliphatic carbocycles. The Bertz CT molecular complexity index is 1110. The number of amides is 5. The minimum atomic E-state index is -1.04. The SMILES string of the molecule is CC(C)[C@H](NC(=O)c1ccc(F)cc1F)C(=O)N[C@H](C=O)CCCCNC(=O)CCCC[C@@H]1SC[C@@H]2NC(=O)N[C@@H]21. The van der Waals surface area contributed by atoms with Crippen molar-refractivity contribution in [3.63, 3.8) is 0 Å². The van der Waals surface area contributed by atoms with Gasteiger partial charge < -0.3 is 31.4 Å². The molecule has 226 valence electrons. The normalized spacial score (nSPS) is 20.9. The molecule has 2 saturated heterocycles. The molecule has 2 heterocycles. The number of nitrogens with one attached hydrogen (secondary N) is 5.